The van der Waals surface area contributed by atoms with Crippen LogP contribution in [0.3, 0.4) is 0 Å². The first-order valence-electron chi connectivity index (χ1n) is 8.50. The molecule has 0 saturated heterocycles. The van der Waals surface area contributed by atoms with E-state index in [2.05, 4.69) is 20.6 Å². The van der Waals surface area contributed by atoms with E-state index in [-0.39, 0.29) is 30.9 Å². The first-order chi connectivity index (χ1) is 13.5. The van der Waals surface area contributed by atoms with Gasteiger partial charge in [-0.3, -0.25) is 14.8 Å². The number of amides is 3. The van der Waals surface area contributed by atoms with Gasteiger partial charge >= 0.3 is 6.03 Å². The van der Waals surface area contributed by atoms with Crippen molar-refractivity contribution in [2.45, 2.75) is 13.1 Å². The molecular weight excluding hydrogens is 368 g/mol. The molecule has 1 aliphatic heterocycles. The highest BCUT2D eigenvalue weighted by atomic mass is 19.2. The van der Waals surface area contributed by atoms with Gasteiger partial charge in [-0.15, -0.1) is 0 Å². The fourth-order valence-corrected chi connectivity index (χ4v) is 2.97. The summed E-state index contributed by atoms with van der Waals surface area (Å²) >= 11 is 0. The predicted octanol–water partition coefficient (Wildman–Crippen LogP) is 2.57. The van der Waals surface area contributed by atoms with Crippen LogP contribution in [0.15, 0.2) is 42.7 Å². The first kappa shape index (κ1) is 17.8. The van der Waals surface area contributed by atoms with Crippen molar-refractivity contribution in [2.75, 3.05) is 11.9 Å². The van der Waals surface area contributed by atoms with E-state index < -0.39 is 23.6 Å². The summed E-state index contributed by atoms with van der Waals surface area (Å²) in [5, 5.41) is 6.02. The average molecular weight is 383 g/mol. The van der Waals surface area contributed by atoms with Gasteiger partial charge in [0.05, 0.1) is 30.0 Å². The number of hydrogen-bond donors (Lipinski definition) is 2. The molecule has 0 spiro atoms. The van der Waals surface area contributed by atoms with E-state index in [0.717, 1.165) is 21.9 Å². The Morgan fingerprint density at radius 2 is 2.07 bits per heavy atom. The third kappa shape index (κ3) is 3.46. The van der Waals surface area contributed by atoms with Gasteiger partial charge in [-0.2, -0.15) is 0 Å². The molecule has 0 aliphatic carbocycles. The number of carbonyl (C=O) groups is 2. The SMILES string of the molecule is O=C(CN1Cc2c(ccc(F)c2F)NC1=O)NCc1ccc2cnccc2n1. The number of rotatable bonds is 4. The second kappa shape index (κ2) is 7.18. The Bertz CT molecular complexity index is 1090. The van der Waals surface area contributed by atoms with Gasteiger partial charge in [-0.25, -0.2) is 13.6 Å². The number of nitrogens with one attached hydrogen (secondary N) is 2. The highest BCUT2D eigenvalue weighted by Crippen LogP contribution is 2.27. The summed E-state index contributed by atoms with van der Waals surface area (Å²) in [6, 6.07) is 7.08. The number of urea groups is 1. The molecule has 2 N–H and O–H groups in total. The molecule has 9 heteroatoms. The molecular formula is C19H15F2N5O2. The van der Waals surface area contributed by atoms with Gasteiger partial charge in [0.15, 0.2) is 11.6 Å². The maximum absolute atomic E-state index is 14.0. The highest BCUT2D eigenvalue weighted by Gasteiger charge is 2.27. The summed E-state index contributed by atoms with van der Waals surface area (Å²) in [5.41, 5.74) is 1.62. The van der Waals surface area contributed by atoms with Gasteiger partial charge in [0.25, 0.3) is 0 Å². The summed E-state index contributed by atoms with van der Waals surface area (Å²) in [6.45, 7) is -0.315. The molecule has 7 nitrogen and oxygen atoms in total. The maximum atomic E-state index is 14.0. The number of aromatic nitrogens is 2. The van der Waals surface area contributed by atoms with Crippen LogP contribution in [-0.2, 0) is 17.9 Å². The zero-order valence-electron chi connectivity index (χ0n) is 14.6. The third-order valence-electron chi connectivity index (χ3n) is 4.42. The van der Waals surface area contributed by atoms with Crippen LogP contribution in [0.5, 0.6) is 0 Å². The van der Waals surface area contributed by atoms with Gasteiger partial charge in [0.1, 0.15) is 6.54 Å². The summed E-state index contributed by atoms with van der Waals surface area (Å²) in [4.78, 5) is 33.9. The molecule has 2 aromatic heterocycles. The molecule has 1 aliphatic rings. The van der Waals surface area contributed by atoms with E-state index >= 15 is 0 Å². The molecule has 4 rings (SSSR count). The summed E-state index contributed by atoms with van der Waals surface area (Å²) in [6.07, 6.45) is 3.33. The highest BCUT2D eigenvalue weighted by molar-refractivity contribution is 5.94. The average Bonchev–Trinajstić information content (AvgIpc) is 2.70. The number of nitrogens with zero attached hydrogens (tertiary/aromatic N) is 3. The number of fused-ring (bicyclic) bond motifs is 2. The minimum absolute atomic E-state index is 0.0113. The van der Waals surface area contributed by atoms with Gasteiger partial charge in [-0.05, 0) is 30.3 Å². The summed E-state index contributed by atoms with van der Waals surface area (Å²) < 4.78 is 27.4. The van der Waals surface area contributed by atoms with E-state index in [1.165, 1.54) is 6.07 Å². The molecule has 3 heterocycles. The smallest absolute Gasteiger partial charge is 0.322 e. The molecule has 0 radical (unpaired) electrons. The van der Waals surface area contributed by atoms with Crippen molar-refractivity contribution < 1.29 is 18.4 Å². The fraction of sp³-hybridized carbons (Fsp3) is 0.158. The van der Waals surface area contributed by atoms with Crippen LogP contribution in [0, 0.1) is 11.6 Å². The molecule has 3 aromatic rings. The standard InChI is InChI=1S/C19H15F2N5O2/c20-14-3-4-16-13(18(14)21)9-26(19(28)25-16)10-17(27)23-8-12-2-1-11-7-22-6-5-15(11)24-12/h1-7H,8-10H2,(H,23,27)(H,25,28). The Balaban J connectivity index is 1.40. The Kier molecular flexibility index (Phi) is 4.56. The van der Waals surface area contributed by atoms with Gasteiger partial charge in [0.2, 0.25) is 5.91 Å². The van der Waals surface area contributed by atoms with E-state index in [4.69, 9.17) is 0 Å². The van der Waals surface area contributed by atoms with E-state index in [1.807, 2.05) is 6.07 Å². The molecule has 0 saturated carbocycles. The van der Waals surface area contributed by atoms with Gasteiger partial charge in [0, 0.05) is 23.3 Å². The number of benzene rings is 1. The van der Waals surface area contributed by atoms with Crippen molar-refractivity contribution in [3.05, 3.63) is 65.6 Å². The lowest BCUT2D eigenvalue weighted by Crippen LogP contribution is -2.45. The maximum Gasteiger partial charge on any atom is 0.322 e. The van der Waals surface area contributed by atoms with Crippen LogP contribution in [0.1, 0.15) is 11.3 Å². The predicted molar refractivity (Wildman–Crippen MR) is 97.2 cm³/mol. The minimum Gasteiger partial charge on any atom is -0.349 e. The quantitative estimate of drug-likeness (QED) is 0.725. The third-order valence-corrected chi connectivity index (χ3v) is 4.42. The van der Waals surface area contributed by atoms with Crippen molar-refractivity contribution in [2.24, 2.45) is 0 Å². The molecule has 0 atom stereocenters. The molecule has 0 fully saturated rings. The van der Waals surface area contributed by atoms with Crippen LogP contribution >= 0.6 is 0 Å². The lowest BCUT2D eigenvalue weighted by atomic mass is 10.1. The Morgan fingerprint density at radius 1 is 1.21 bits per heavy atom. The summed E-state index contributed by atoms with van der Waals surface area (Å²) in [5.74, 6) is -2.47. The van der Waals surface area contributed by atoms with Crippen molar-refractivity contribution >= 4 is 28.5 Å². The number of hydrogen-bond acceptors (Lipinski definition) is 4. The Morgan fingerprint density at radius 3 is 2.93 bits per heavy atom. The molecule has 3 amide bonds. The van der Waals surface area contributed by atoms with E-state index in [0.29, 0.717) is 5.69 Å². The normalized spacial score (nSPS) is 13.2. The van der Waals surface area contributed by atoms with Crippen molar-refractivity contribution in [1.29, 1.82) is 0 Å². The lowest BCUT2D eigenvalue weighted by Gasteiger charge is -2.29. The molecule has 28 heavy (non-hydrogen) atoms. The van der Waals surface area contributed by atoms with Crippen LogP contribution in [0.2, 0.25) is 0 Å². The van der Waals surface area contributed by atoms with Crippen LogP contribution < -0.4 is 10.6 Å². The van der Waals surface area contributed by atoms with Gasteiger partial charge < -0.3 is 15.5 Å². The fourth-order valence-electron chi connectivity index (χ4n) is 2.97. The van der Waals surface area contributed by atoms with Crippen molar-refractivity contribution in [3.63, 3.8) is 0 Å². The lowest BCUT2D eigenvalue weighted by molar-refractivity contribution is -0.121. The van der Waals surface area contributed by atoms with Crippen molar-refractivity contribution in [3.8, 4) is 0 Å². The minimum atomic E-state index is -1.03. The number of pyridine rings is 2. The number of halogens is 2. The summed E-state index contributed by atoms with van der Waals surface area (Å²) in [7, 11) is 0. The van der Waals surface area contributed by atoms with Crippen LogP contribution in [0.25, 0.3) is 10.9 Å². The van der Waals surface area contributed by atoms with E-state index in [9.17, 15) is 18.4 Å². The van der Waals surface area contributed by atoms with E-state index in [1.54, 1.807) is 24.5 Å². The first-order valence-corrected chi connectivity index (χ1v) is 8.50. The molecule has 0 bridgehead atoms. The van der Waals surface area contributed by atoms with Gasteiger partial charge in [-0.1, -0.05) is 0 Å². The Labute approximate surface area is 158 Å². The van der Waals surface area contributed by atoms with Crippen LogP contribution in [0.4, 0.5) is 19.3 Å². The topological polar surface area (TPSA) is 87.2 Å². The molecule has 142 valence electrons. The zero-order chi connectivity index (χ0) is 19.7. The second-order valence-electron chi connectivity index (χ2n) is 6.32. The molecule has 1 aromatic carbocycles. The van der Waals surface area contributed by atoms with Crippen molar-refractivity contribution in [1.82, 2.24) is 20.2 Å². The largest absolute Gasteiger partial charge is 0.349 e. The number of carbonyl (C=O) groups excluding carboxylic acids is 2. The monoisotopic (exact) mass is 383 g/mol. The Hall–Kier alpha value is -3.62. The van der Waals surface area contributed by atoms with Crippen LogP contribution in [-0.4, -0.2) is 33.4 Å². The number of anilines is 1. The molecule has 0 unspecified atom stereocenters. The zero-order valence-corrected chi connectivity index (χ0v) is 14.6. The second-order valence-corrected chi connectivity index (χ2v) is 6.32.